The highest BCUT2D eigenvalue weighted by molar-refractivity contribution is 6.33. The molecule has 0 atom stereocenters. The Hall–Kier alpha value is -0.940. The molecule has 0 amide bonds. The van der Waals surface area contributed by atoms with Crippen molar-refractivity contribution in [2.24, 2.45) is 0 Å². The van der Waals surface area contributed by atoms with E-state index in [9.17, 15) is 13.2 Å². The first kappa shape index (κ1) is 13.1. The molecule has 1 rings (SSSR count). The number of alkyl halides is 3. The van der Waals surface area contributed by atoms with E-state index in [1.165, 1.54) is 13.2 Å². The Morgan fingerprint density at radius 3 is 2.62 bits per heavy atom. The zero-order valence-corrected chi connectivity index (χ0v) is 9.32. The first-order valence-electron chi connectivity index (χ1n) is 4.54. The van der Waals surface area contributed by atoms with Gasteiger partial charge in [-0.05, 0) is 18.2 Å². The van der Waals surface area contributed by atoms with E-state index in [4.69, 9.17) is 16.3 Å². The molecule has 6 heteroatoms. The average Bonchev–Trinajstić information content (AvgIpc) is 2.19. The van der Waals surface area contributed by atoms with Gasteiger partial charge in [0.2, 0.25) is 0 Å². The molecule has 0 saturated carbocycles. The summed E-state index contributed by atoms with van der Waals surface area (Å²) in [4.78, 5) is 0. The van der Waals surface area contributed by atoms with Crippen LogP contribution in [0.3, 0.4) is 0 Å². The molecule has 0 heterocycles. The predicted octanol–water partition coefficient (Wildman–Crippen LogP) is 3.42. The molecule has 0 spiro atoms. The molecule has 0 aliphatic carbocycles. The SMILES string of the molecule is COCCNc1cc(C(F)(F)F)ccc1Cl. The second kappa shape index (κ2) is 5.41. The minimum atomic E-state index is -4.36. The normalized spacial score (nSPS) is 11.6. The predicted molar refractivity (Wildman–Crippen MR) is 56.8 cm³/mol. The van der Waals surface area contributed by atoms with Crippen molar-refractivity contribution in [1.82, 2.24) is 0 Å². The molecule has 0 aliphatic heterocycles. The monoisotopic (exact) mass is 253 g/mol. The van der Waals surface area contributed by atoms with Crippen LogP contribution in [0.25, 0.3) is 0 Å². The van der Waals surface area contributed by atoms with Crippen molar-refractivity contribution in [3.63, 3.8) is 0 Å². The molecule has 0 saturated heterocycles. The van der Waals surface area contributed by atoms with Gasteiger partial charge in [-0.1, -0.05) is 11.6 Å². The van der Waals surface area contributed by atoms with Gasteiger partial charge in [-0.3, -0.25) is 0 Å². The third-order valence-corrected chi connectivity index (χ3v) is 2.24. The molecule has 90 valence electrons. The summed E-state index contributed by atoms with van der Waals surface area (Å²) in [6.07, 6.45) is -4.36. The largest absolute Gasteiger partial charge is 0.416 e. The highest BCUT2D eigenvalue weighted by Crippen LogP contribution is 2.33. The smallest absolute Gasteiger partial charge is 0.383 e. The number of methoxy groups -OCH3 is 1. The molecule has 1 aromatic rings. The Balaban J connectivity index is 2.83. The molecule has 1 N–H and O–H groups in total. The second-order valence-electron chi connectivity index (χ2n) is 3.11. The van der Waals surface area contributed by atoms with Crippen molar-refractivity contribution in [3.05, 3.63) is 28.8 Å². The number of rotatable bonds is 4. The molecule has 0 fully saturated rings. The van der Waals surface area contributed by atoms with Crippen molar-refractivity contribution in [1.29, 1.82) is 0 Å². The van der Waals surface area contributed by atoms with Gasteiger partial charge in [0.15, 0.2) is 0 Å². The summed E-state index contributed by atoms with van der Waals surface area (Å²) < 4.78 is 42.0. The average molecular weight is 254 g/mol. The van der Waals surface area contributed by atoms with E-state index >= 15 is 0 Å². The number of nitrogens with one attached hydrogen (secondary N) is 1. The Labute approximate surface area is 96.4 Å². The van der Waals surface area contributed by atoms with Crippen molar-refractivity contribution in [2.75, 3.05) is 25.6 Å². The van der Waals surface area contributed by atoms with E-state index in [-0.39, 0.29) is 10.7 Å². The summed E-state index contributed by atoms with van der Waals surface area (Å²) in [6, 6.07) is 3.15. The van der Waals surface area contributed by atoms with Crippen LogP contribution in [0.15, 0.2) is 18.2 Å². The van der Waals surface area contributed by atoms with E-state index in [2.05, 4.69) is 5.32 Å². The molecule has 1 aromatic carbocycles. The van der Waals surface area contributed by atoms with Gasteiger partial charge in [-0.2, -0.15) is 13.2 Å². The Bertz CT molecular complexity index is 354. The molecule has 0 aromatic heterocycles. The van der Waals surface area contributed by atoms with Crippen LogP contribution in [0, 0.1) is 0 Å². The summed E-state index contributed by atoms with van der Waals surface area (Å²) in [5.74, 6) is 0. The Morgan fingerprint density at radius 1 is 1.38 bits per heavy atom. The van der Waals surface area contributed by atoms with Gasteiger partial charge in [0.05, 0.1) is 22.9 Å². The van der Waals surface area contributed by atoms with Crippen molar-refractivity contribution in [2.45, 2.75) is 6.18 Å². The zero-order valence-electron chi connectivity index (χ0n) is 8.57. The maximum absolute atomic E-state index is 12.4. The standard InChI is InChI=1S/C10H11ClF3NO/c1-16-5-4-15-9-6-7(10(12,13)14)2-3-8(9)11/h2-3,6,15H,4-5H2,1H3. The third kappa shape index (κ3) is 3.57. The van der Waals surface area contributed by atoms with Crippen LogP contribution in [-0.4, -0.2) is 20.3 Å². The minimum absolute atomic E-state index is 0.254. The summed E-state index contributed by atoms with van der Waals surface area (Å²) in [7, 11) is 1.51. The van der Waals surface area contributed by atoms with Crippen molar-refractivity contribution < 1.29 is 17.9 Å². The molecular weight excluding hydrogens is 243 g/mol. The van der Waals surface area contributed by atoms with Gasteiger partial charge in [0.1, 0.15) is 0 Å². The van der Waals surface area contributed by atoms with E-state index in [1.54, 1.807) is 0 Å². The van der Waals surface area contributed by atoms with E-state index < -0.39 is 11.7 Å². The second-order valence-corrected chi connectivity index (χ2v) is 3.52. The van der Waals surface area contributed by atoms with Crippen LogP contribution >= 0.6 is 11.6 Å². The number of halogens is 4. The number of hydrogen-bond acceptors (Lipinski definition) is 2. The fourth-order valence-electron chi connectivity index (χ4n) is 1.12. The Morgan fingerprint density at radius 2 is 2.06 bits per heavy atom. The van der Waals surface area contributed by atoms with Gasteiger partial charge in [0.25, 0.3) is 0 Å². The minimum Gasteiger partial charge on any atom is -0.383 e. The summed E-state index contributed by atoms with van der Waals surface area (Å²) in [5.41, 5.74) is -0.467. The lowest BCUT2D eigenvalue weighted by molar-refractivity contribution is -0.137. The summed E-state index contributed by atoms with van der Waals surface area (Å²) in [6.45, 7) is 0.796. The molecule has 0 radical (unpaired) electrons. The molecule has 0 unspecified atom stereocenters. The van der Waals surface area contributed by atoms with Crippen LogP contribution in [0.2, 0.25) is 5.02 Å². The van der Waals surface area contributed by atoms with Gasteiger partial charge in [-0.15, -0.1) is 0 Å². The maximum atomic E-state index is 12.4. The van der Waals surface area contributed by atoms with Gasteiger partial charge < -0.3 is 10.1 Å². The lowest BCUT2D eigenvalue weighted by Crippen LogP contribution is -2.10. The third-order valence-electron chi connectivity index (χ3n) is 1.92. The van der Waals surface area contributed by atoms with Crippen LogP contribution in [-0.2, 0) is 10.9 Å². The van der Waals surface area contributed by atoms with Gasteiger partial charge >= 0.3 is 6.18 Å². The summed E-state index contributed by atoms with van der Waals surface area (Å²) in [5, 5.41) is 3.02. The number of hydrogen-bond donors (Lipinski definition) is 1. The number of anilines is 1. The quantitative estimate of drug-likeness (QED) is 0.831. The van der Waals surface area contributed by atoms with Gasteiger partial charge in [0, 0.05) is 13.7 Å². The van der Waals surface area contributed by atoms with Crippen LogP contribution in [0.4, 0.5) is 18.9 Å². The maximum Gasteiger partial charge on any atom is 0.416 e. The molecular formula is C10H11ClF3NO. The number of benzene rings is 1. The summed E-state index contributed by atoms with van der Waals surface area (Å²) >= 11 is 5.75. The molecule has 0 aliphatic rings. The highest BCUT2D eigenvalue weighted by Gasteiger charge is 2.30. The van der Waals surface area contributed by atoms with E-state index in [1.807, 2.05) is 0 Å². The first-order valence-corrected chi connectivity index (χ1v) is 4.92. The lowest BCUT2D eigenvalue weighted by Gasteiger charge is -2.11. The number of ether oxygens (including phenoxy) is 1. The van der Waals surface area contributed by atoms with Crippen LogP contribution in [0.1, 0.15) is 5.56 Å². The fourth-order valence-corrected chi connectivity index (χ4v) is 1.31. The highest BCUT2D eigenvalue weighted by atomic mass is 35.5. The van der Waals surface area contributed by atoms with Crippen LogP contribution < -0.4 is 5.32 Å². The zero-order chi connectivity index (χ0) is 12.2. The van der Waals surface area contributed by atoms with Gasteiger partial charge in [-0.25, -0.2) is 0 Å². The fraction of sp³-hybridized carbons (Fsp3) is 0.400. The molecule has 2 nitrogen and oxygen atoms in total. The molecule has 0 bridgehead atoms. The Kier molecular flexibility index (Phi) is 4.44. The first-order chi connectivity index (χ1) is 7.45. The van der Waals surface area contributed by atoms with E-state index in [0.29, 0.717) is 13.2 Å². The van der Waals surface area contributed by atoms with E-state index in [0.717, 1.165) is 12.1 Å². The van der Waals surface area contributed by atoms with Crippen LogP contribution in [0.5, 0.6) is 0 Å². The molecule has 16 heavy (non-hydrogen) atoms. The topological polar surface area (TPSA) is 21.3 Å². The van der Waals surface area contributed by atoms with Crippen molar-refractivity contribution >= 4 is 17.3 Å². The lowest BCUT2D eigenvalue weighted by atomic mass is 10.2. The van der Waals surface area contributed by atoms with Crippen molar-refractivity contribution in [3.8, 4) is 0 Å².